The Labute approximate surface area is 185 Å². The highest BCUT2D eigenvalue weighted by Gasteiger charge is 2.50. The molecular weight excluding hydrogens is 430 g/mol. The molecule has 1 saturated carbocycles. The first kappa shape index (κ1) is 26.1. The third kappa shape index (κ3) is 5.24. The van der Waals surface area contributed by atoms with Gasteiger partial charge in [0.15, 0.2) is 12.6 Å². The molecule has 0 bridgehead atoms. The van der Waals surface area contributed by atoms with Crippen molar-refractivity contribution < 1.29 is 44.5 Å². The highest BCUT2D eigenvalue weighted by Crippen LogP contribution is 2.30. The van der Waals surface area contributed by atoms with Crippen molar-refractivity contribution in [3.8, 4) is 0 Å². The Morgan fingerprint density at radius 2 is 1.28 bits per heavy atom. The van der Waals surface area contributed by atoms with Gasteiger partial charge in [0.1, 0.15) is 36.6 Å². The van der Waals surface area contributed by atoms with Crippen LogP contribution in [-0.4, -0.2) is 124 Å². The molecule has 14 atom stereocenters. The molecule has 32 heavy (non-hydrogen) atoms. The molecule has 0 radical (unpaired) electrons. The first-order chi connectivity index (χ1) is 15.1. The summed E-state index contributed by atoms with van der Waals surface area (Å²) in [5.41, 5.74) is 29.9. The van der Waals surface area contributed by atoms with E-state index in [9.17, 15) is 25.5 Å². The highest BCUT2D eigenvalue weighted by molar-refractivity contribution is 5.01. The van der Waals surface area contributed by atoms with Gasteiger partial charge in [0.2, 0.25) is 0 Å². The van der Waals surface area contributed by atoms with Crippen LogP contribution >= 0.6 is 0 Å². The van der Waals surface area contributed by atoms with Gasteiger partial charge >= 0.3 is 0 Å². The smallest absolute Gasteiger partial charge is 0.176 e. The number of aliphatic hydroxyl groups excluding tert-OH is 5. The number of aliphatic hydroxyl groups is 5. The third-order valence-electron chi connectivity index (χ3n) is 6.41. The van der Waals surface area contributed by atoms with E-state index in [0.29, 0.717) is 0 Å². The minimum absolute atomic E-state index is 0.0563. The summed E-state index contributed by atoms with van der Waals surface area (Å²) in [5.74, 6) is 0. The van der Waals surface area contributed by atoms with Crippen molar-refractivity contribution in [2.45, 2.75) is 98.4 Å². The normalized spacial score (nSPS) is 52.7. The summed E-state index contributed by atoms with van der Waals surface area (Å²) in [4.78, 5) is 0. The first-order valence-corrected chi connectivity index (χ1v) is 10.8. The Morgan fingerprint density at radius 3 is 1.84 bits per heavy atom. The van der Waals surface area contributed by atoms with Crippen molar-refractivity contribution in [1.29, 1.82) is 0 Å². The molecule has 1 aliphatic carbocycles. The zero-order chi connectivity index (χ0) is 23.7. The fourth-order valence-electron chi connectivity index (χ4n) is 4.43. The van der Waals surface area contributed by atoms with Crippen LogP contribution in [0.3, 0.4) is 0 Å². The molecule has 14 heteroatoms. The lowest BCUT2D eigenvalue weighted by Crippen LogP contribution is -2.68. The predicted molar refractivity (Wildman–Crippen MR) is 108 cm³/mol. The quantitative estimate of drug-likeness (QED) is 0.174. The third-order valence-corrected chi connectivity index (χ3v) is 6.41. The van der Waals surface area contributed by atoms with E-state index in [0.717, 1.165) is 0 Å². The largest absolute Gasteiger partial charge is 0.394 e. The maximum Gasteiger partial charge on any atom is 0.176 e. The molecule has 3 rings (SSSR count). The van der Waals surface area contributed by atoms with Gasteiger partial charge in [0, 0.05) is 18.6 Å². The van der Waals surface area contributed by atoms with Crippen LogP contribution in [0.2, 0.25) is 0 Å². The Balaban J connectivity index is 1.70. The molecule has 2 aliphatic heterocycles. The number of rotatable bonds is 6. The van der Waals surface area contributed by atoms with Gasteiger partial charge in [-0.25, -0.2) is 0 Å². The molecule has 0 spiro atoms. The summed E-state index contributed by atoms with van der Waals surface area (Å²) < 4.78 is 22.8. The molecular formula is C18H37N5O9. The molecule has 3 aliphatic rings. The van der Waals surface area contributed by atoms with Crippen molar-refractivity contribution in [1.82, 2.24) is 0 Å². The summed E-state index contributed by atoms with van der Waals surface area (Å²) in [7, 11) is 0. The molecule has 0 unspecified atom stereocenters. The molecule has 0 aromatic rings. The Kier molecular flexibility index (Phi) is 8.79. The van der Waals surface area contributed by atoms with E-state index in [1.807, 2.05) is 0 Å². The highest BCUT2D eigenvalue weighted by atomic mass is 16.7. The monoisotopic (exact) mass is 467 g/mol. The average molecular weight is 468 g/mol. The minimum atomic E-state index is -1.43. The lowest BCUT2D eigenvalue weighted by atomic mass is 9.84. The van der Waals surface area contributed by atoms with Crippen LogP contribution in [-0.2, 0) is 18.9 Å². The van der Waals surface area contributed by atoms with E-state index in [1.165, 1.54) is 0 Å². The molecule has 3 fully saturated rings. The second-order valence-electron chi connectivity index (χ2n) is 8.78. The molecule has 14 nitrogen and oxygen atoms in total. The lowest BCUT2D eigenvalue weighted by Gasteiger charge is -2.47. The molecule has 188 valence electrons. The van der Waals surface area contributed by atoms with E-state index in [2.05, 4.69) is 0 Å². The van der Waals surface area contributed by atoms with Crippen molar-refractivity contribution >= 4 is 0 Å². The molecule has 2 saturated heterocycles. The first-order valence-electron chi connectivity index (χ1n) is 10.8. The van der Waals surface area contributed by atoms with Crippen molar-refractivity contribution in [3.05, 3.63) is 0 Å². The number of nitrogens with two attached hydrogens (primary N) is 5. The van der Waals surface area contributed by atoms with Crippen molar-refractivity contribution in [2.24, 2.45) is 28.7 Å². The summed E-state index contributed by atoms with van der Waals surface area (Å²) in [6, 6.07) is -3.26. The van der Waals surface area contributed by atoms with Crippen molar-refractivity contribution in [2.75, 3.05) is 13.2 Å². The predicted octanol–water partition coefficient (Wildman–Crippen LogP) is -6.30. The SMILES string of the molecule is NC[C@H]1O[C@H](O[C@H]2[C@H](O)[C@@H](O[C@@H]3O[C@@H](CO)[C@H](O)[C@@H](O)[C@@H]3N)[C@H](N)C[C@@H]2N)[C@H](N)C[C@@H]1O. The van der Waals surface area contributed by atoms with Crippen LogP contribution < -0.4 is 28.7 Å². The maximum atomic E-state index is 11.0. The maximum absolute atomic E-state index is 11.0. The number of hydrogen-bond acceptors (Lipinski definition) is 14. The van der Waals surface area contributed by atoms with Gasteiger partial charge in [-0.15, -0.1) is 0 Å². The second-order valence-corrected chi connectivity index (χ2v) is 8.78. The zero-order valence-corrected chi connectivity index (χ0v) is 17.7. The Bertz CT molecular complexity index is 607. The van der Waals surface area contributed by atoms with E-state index < -0.39 is 92.2 Å². The van der Waals surface area contributed by atoms with Gasteiger partial charge in [-0.2, -0.15) is 0 Å². The van der Waals surface area contributed by atoms with Gasteiger partial charge in [0.25, 0.3) is 0 Å². The van der Waals surface area contributed by atoms with Gasteiger partial charge in [-0.3, -0.25) is 0 Å². The van der Waals surface area contributed by atoms with Crippen LogP contribution in [0.4, 0.5) is 0 Å². The Morgan fingerprint density at radius 1 is 0.719 bits per heavy atom. The number of ether oxygens (including phenoxy) is 4. The van der Waals surface area contributed by atoms with E-state index in [-0.39, 0.29) is 19.4 Å². The summed E-state index contributed by atoms with van der Waals surface area (Å²) in [5, 5.41) is 50.5. The molecule has 2 heterocycles. The van der Waals surface area contributed by atoms with E-state index in [4.69, 9.17) is 47.6 Å². The van der Waals surface area contributed by atoms with Crippen LogP contribution in [0.5, 0.6) is 0 Å². The van der Waals surface area contributed by atoms with E-state index in [1.54, 1.807) is 0 Å². The Hall–Kier alpha value is -0.560. The summed E-state index contributed by atoms with van der Waals surface area (Å²) in [6.07, 6.45) is -10.7. The molecule has 0 aromatic carbocycles. The van der Waals surface area contributed by atoms with Crippen LogP contribution in [0, 0.1) is 0 Å². The topological polar surface area (TPSA) is 268 Å². The van der Waals surface area contributed by atoms with Crippen LogP contribution in [0.25, 0.3) is 0 Å². The number of hydrogen-bond donors (Lipinski definition) is 10. The summed E-state index contributed by atoms with van der Waals surface area (Å²) >= 11 is 0. The molecule has 0 aromatic heterocycles. The van der Waals surface area contributed by atoms with Crippen molar-refractivity contribution in [3.63, 3.8) is 0 Å². The van der Waals surface area contributed by atoms with Gasteiger partial charge in [-0.05, 0) is 12.8 Å². The molecule has 15 N–H and O–H groups in total. The fourth-order valence-corrected chi connectivity index (χ4v) is 4.43. The summed E-state index contributed by atoms with van der Waals surface area (Å²) in [6.45, 7) is -0.521. The standard InChI is InChI=1S/C18H37N5O9/c19-3-9-8(25)2-7(22)17(29-9)31-15-5(20)1-6(21)16(14(15)28)32-18-11(23)13(27)12(26)10(4-24)30-18/h5-18,24-28H,1-4,19-23H2/t5-,6+,7+,8-,9+,10-,11-,12-,13-,14-,15+,16-,17+,18-/m0/s1. The van der Waals surface area contributed by atoms with E-state index >= 15 is 0 Å². The average Bonchev–Trinajstić information content (AvgIpc) is 2.75. The second kappa shape index (κ2) is 10.8. The van der Waals surface area contributed by atoms with Gasteiger partial charge in [-0.1, -0.05) is 0 Å². The fraction of sp³-hybridized carbons (Fsp3) is 1.00. The van der Waals surface area contributed by atoms with Gasteiger partial charge < -0.3 is 73.1 Å². The van der Waals surface area contributed by atoms with Gasteiger partial charge in [0.05, 0.1) is 30.9 Å². The van der Waals surface area contributed by atoms with Crippen LogP contribution in [0.1, 0.15) is 12.8 Å². The minimum Gasteiger partial charge on any atom is -0.394 e. The van der Waals surface area contributed by atoms with Crippen LogP contribution in [0.15, 0.2) is 0 Å². The molecule has 0 amide bonds. The lowest BCUT2D eigenvalue weighted by molar-refractivity contribution is -0.307. The zero-order valence-electron chi connectivity index (χ0n) is 17.7.